The quantitative estimate of drug-likeness (QED) is 0.241. The number of nitrogens with zero attached hydrogens (tertiary/aromatic N) is 1. The van der Waals surface area contributed by atoms with Gasteiger partial charge in [-0.3, -0.25) is 14.4 Å². The minimum absolute atomic E-state index is 0.140. The Morgan fingerprint density at radius 2 is 1.71 bits per heavy atom. The fourth-order valence-electron chi connectivity index (χ4n) is 7.31. The first-order valence-electron chi connectivity index (χ1n) is 16.0. The number of amides is 1. The van der Waals surface area contributed by atoms with Crippen LogP contribution in [0, 0.1) is 23.7 Å². The van der Waals surface area contributed by atoms with Crippen molar-refractivity contribution in [2.75, 3.05) is 21.2 Å². The number of allylic oxidation sites excluding steroid dienone is 1. The molecule has 3 aliphatic heterocycles. The SMILES string of the molecule is C=CCC[C@H]1OC(=O)[C@H](C)C(=O)[C@H](C)[C@@H](OC2OC(C)CC(N(C)C)C2O)[C@](C)(OC)C[C@@H](C)C(=O)[C@H](C)[C@H]2NC(=O)O[C@@]21C. The van der Waals surface area contributed by atoms with Gasteiger partial charge in [0.15, 0.2) is 17.7 Å². The Hall–Kier alpha value is -2.38. The Labute approximate surface area is 267 Å². The highest BCUT2D eigenvalue weighted by molar-refractivity contribution is 6.00. The van der Waals surface area contributed by atoms with Crippen molar-refractivity contribution in [3.63, 3.8) is 0 Å². The second kappa shape index (κ2) is 14.6. The van der Waals surface area contributed by atoms with Gasteiger partial charge in [-0.25, -0.2) is 4.79 Å². The number of ether oxygens (including phenoxy) is 5. The lowest BCUT2D eigenvalue weighted by atomic mass is 9.73. The minimum Gasteiger partial charge on any atom is -0.457 e. The molecule has 3 heterocycles. The molecule has 4 unspecified atom stereocenters. The van der Waals surface area contributed by atoms with Crippen LogP contribution in [0.2, 0.25) is 0 Å². The number of aliphatic hydroxyl groups excluding tert-OH is 1. The van der Waals surface area contributed by atoms with E-state index in [1.54, 1.807) is 40.7 Å². The Balaban J connectivity index is 2.10. The molecule has 45 heavy (non-hydrogen) atoms. The standard InChI is InChI=1S/C33H54N2O10/c1-12-13-14-23-33(8)27(34-31(40)45-33)19(4)24(36)17(2)16-32(7,41-11)28(20(5)25(37)21(6)29(39)43-23)44-30-26(38)22(35(9)10)15-18(3)42-30/h12,17-23,26-28,30,38H,1,13-16H2,2-11H3,(H,34,40)/t17-,18?,19+,20+,21-,22?,23-,26?,27-,28-,30?,32-,33-/m1/s1. The van der Waals surface area contributed by atoms with Crippen LogP contribution in [0.15, 0.2) is 12.7 Å². The molecule has 3 fully saturated rings. The van der Waals surface area contributed by atoms with Gasteiger partial charge in [-0.05, 0) is 67.5 Å². The molecule has 0 bridgehead atoms. The monoisotopic (exact) mass is 638 g/mol. The predicted octanol–water partition coefficient (Wildman–Crippen LogP) is 3.03. The van der Waals surface area contributed by atoms with Crippen LogP contribution in [-0.2, 0) is 38.1 Å². The molecule has 256 valence electrons. The lowest BCUT2D eigenvalue weighted by molar-refractivity contribution is -0.295. The van der Waals surface area contributed by atoms with Crippen molar-refractivity contribution in [1.29, 1.82) is 0 Å². The van der Waals surface area contributed by atoms with Crippen LogP contribution in [0.3, 0.4) is 0 Å². The molecule has 0 aromatic heterocycles. The summed E-state index contributed by atoms with van der Waals surface area (Å²) in [5, 5.41) is 14.1. The van der Waals surface area contributed by atoms with Crippen LogP contribution in [0.25, 0.3) is 0 Å². The number of methoxy groups -OCH3 is 1. The molecule has 0 radical (unpaired) electrons. The summed E-state index contributed by atoms with van der Waals surface area (Å²) in [5.74, 6) is -4.92. The van der Waals surface area contributed by atoms with E-state index >= 15 is 0 Å². The normalized spacial score (nSPS) is 43.6. The van der Waals surface area contributed by atoms with Gasteiger partial charge in [0.1, 0.15) is 23.9 Å². The van der Waals surface area contributed by atoms with Crippen LogP contribution in [0.5, 0.6) is 0 Å². The van der Waals surface area contributed by atoms with Crippen molar-refractivity contribution in [1.82, 2.24) is 10.2 Å². The molecule has 1 amide bonds. The van der Waals surface area contributed by atoms with E-state index in [2.05, 4.69) is 11.9 Å². The number of rotatable bonds is 7. The van der Waals surface area contributed by atoms with E-state index in [1.807, 2.05) is 25.9 Å². The summed E-state index contributed by atoms with van der Waals surface area (Å²) in [6.45, 7) is 15.7. The van der Waals surface area contributed by atoms with Crippen molar-refractivity contribution in [2.24, 2.45) is 23.7 Å². The number of hydrogen-bond donors (Lipinski definition) is 2. The molecule has 0 aromatic carbocycles. The number of carbonyl (C=O) groups is 4. The maximum Gasteiger partial charge on any atom is 0.408 e. The van der Waals surface area contributed by atoms with Gasteiger partial charge in [0.25, 0.3) is 0 Å². The van der Waals surface area contributed by atoms with Crippen molar-refractivity contribution in [2.45, 2.75) is 128 Å². The van der Waals surface area contributed by atoms with Gasteiger partial charge in [-0.1, -0.05) is 26.8 Å². The van der Waals surface area contributed by atoms with Gasteiger partial charge >= 0.3 is 12.1 Å². The molecule has 12 heteroatoms. The highest BCUT2D eigenvalue weighted by Crippen LogP contribution is 2.40. The number of Topliss-reactive ketones (excluding diaryl/α,β-unsaturated/α-hetero) is 2. The summed E-state index contributed by atoms with van der Waals surface area (Å²) in [5.41, 5.74) is -2.62. The first-order chi connectivity index (χ1) is 20.9. The van der Waals surface area contributed by atoms with Crippen LogP contribution < -0.4 is 5.32 Å². The molecule has 0 saturated carbocycles. The largest absolute Gasteiger partial charge is 0.457 e. The lowest BCUT2D eigenvalue weighted by Gasteiger charge is -2.47. The number of likely N-dealkylation sites (N-methyl/N-ethyl adjacent to an activating group) is 1. The second-order valence-electron chi connectivity index (χ2n) is 13.8. The summed E-state index contributed by atoms with van der Waals surface area (Å²) >= 11 is 0. The number of esters is 1. The Bertz CT molecular complexity index is 1120. The summed E-state index contributed by atoms with van der Waals surface area (Å²) in [6, 6.07) is -1.08. The number of cyclic esters (lactones) is 1. The molecule has 3 saturated heterocycles. The van der Waals surface area contributed by atoms with Crippen molar-refractivity contribution in [3.8, 4) is 0 Å². The van der Waals surface area contributed by atoms with Gasteiger partial charge in [-0.15, -0.1) is 6.58 Å². The fraction of sp³-hybridized carbons (Fsp3) is 0.818. The smallest absolute Gasteiger partial charge is 0.408 e. The highest BCUT2D eigenvalue weighted by Gasteiger charge is 2.57. The Morgan fingerprint density at radius 1 is 1.07 bits per heavy atom. The molecule has 2 N–H and O–H groups in total. The van der Waals surface area contributed by atoms with Gasteiger partial charge in [0, 0.05) is 30.9 Å². The van der Waals surface area contributed by atoms with E-state index in [0.29, 0.717) is 12.8 Å². The maximum atomic E-state index is 14.0. The average Bonchev–Trinajstić information content (AvgIpc) is 3.30. The zero-order valence-corrected chi connectivity index (χ0v) is 28.5. The van der Waals surface area contributed by atoms with E-state index in [4.69, 9.17) is 23.7 Å². The molecule has 12 nitrogen and oxygen atoms in total. The predicted molar refractivity (Wildman–Crippen MR) is 165 cm³/mol. The summed E-state index contributed by atoms with van der Waals surface area (Å²) < 4.78 is 30.3. The second-order valence-corrected chi connectivity index (χ2v) is 13.8. The first kappa shape index (κ1) is 37.1. The third-order valence-corrected chi connectivity index (χ3v) is 10.2. The average molecular weight is 639 g/mol. The minimum atomic E-state index is -1.38. The Morgan fingerprint density at radius 3 is 2.29 bits per heavy atom. The van der Waals surface area contributed by atoms with E-state index in [1.165, 1.54) is 14.0 Å². The molecule has 0 spiro atoms. The molecular formula is C33H54N2O10. The van der Waals surface area contributed by atoms with Crippen LogP contribution in [0.4, 0.5) is 4.79 Å². The van der Waals surface area contributed by atoms with Crippen LogP contribution in [-0.4, -0.2) is 109 Å². The molecular weight excluding hydrogens is 584 g/mol. The number of nitrogens with one attached hydrogen (secondary N) is 1. The van der Waals surface area contributed by atoms with Crippen molar-refractivity contribution < 1.29 is 48.0 Å². The highest BCUT2D eigenvalue weighted by atomic mass is 16.7. The number of alkyl carbamates (subject to hydrolysis) is 1. The van der Waals surface area contributed by atoms with Gasteiger partial charge in [-0.2, -0.15) is 0 Å². The van der Waals surface area contributed by atoms with Gasteiger partial charge in [0.05, 0.1) is 23.9 Å². The van der Waals surface area contributed by atoms with Crippen LogP contribution >= 0.6 is 0 Å². The van der Waals surface area contributed by atoms with E-state index in [0.717, 1.165) is 0 Å². The Kier molecular flexibility index (Phi) is 12.0. The maximum absolute atomic E-state index is 14.0. The third kappa shape index (κ3) is 7.62. The van der Waals surface area contributed by atoms with E-state index < -0.39 is 83.4 Å². The summed E-state index contributed by atoms with van der Waals surface area (Å²) in [6.07, 6.45) is -2.01. The molecule has 3 rings (SSSR count). The number of carbonyl (C=O) groups excluding carboxylic acids is 4. The summed E-state index contributed by atoms with van der Waals surface area (Å²) in [7, 11) is 5.20. The zero-order valence-electron chi connectivity index (χ0n) is 28.5. The number of ketones is 2. The van der Waals surface area contributed by atoms with Crippen molar-refractivity contribution >= 4 is 23.6 Å². The number of aliphatic hydroxyl groups is 1. The van der Waals surface area contributed by atoms with Crippen LogP contribution in [0.1, 0.15) is 74.1 Å². The topological polar surface area (TPSA) is 150 Å². The van der Waals surface area contributed by atoms with Gasteiger partial charge < -0.3 is 39.0 Å². The summed E-state index contributed by atoms with van der Waals surface area (Å²) in [4.78, 5) is 56.2. The fourth-order valence-corrected chi connectivity index (χ4v) is 7.31. The van der Waals surface area contributed by atoms with Gasteiger partial charge in [0.2, 0.25) is 0 Å². The number of fused-ring (bicyclic) bond motifs is 1. The molecule has 0 aromatic rings. The molecule has 0 aliphatic carbocycles. The van der Waals surface area contributed by atoms with Crippen molar-refractivity contribution in [3.05, 3.63) is 12.7 Å². The first-order valence-corrected chi connectivity index (χ1v) is 16.0. The molecule has 13 atom stereocenters. The van der Waals surface area contributed by atoms with E-state index in [-0.39, 0.29) is 30.8 Å². The molecule has 3 aliphatic rings. The lowest BCUT2D eigenvalue weighted by Crippen LogP contribution is -2.60. The number of hydrogen-bond acceptors (Lipinski definition) is 11. The zero-order chi connectivity index (χ0) is 34.0. The van der Waals surface area contributed by atoms with E-state index in [9.17, 15) is 24.3 Å². The third-order valence-electron chi connectivity index (χ3n) is 10.2.